The highest BCUT2D eigenvalue weighted by molar-refractivity contribution is 9.09. The monoisotopic (exact) mass is 749 g/mol. The first-order valence-corrected chi connectivity index (χ1v) is 18.2. The number of anilines is 1. The number of halogens is 1. The van der Waals surface area contributed by atoms with Gasteiger partial charge in [0.2, 0.25) is 11.8 Å². The zero-order valence-electron chi connectivity index (χ0n) is 29.2. The van der Waals surface area contributed by atoms with Crippen molar-refractivity contribution in [1.82, 2.24) is 10.2 Å². The zero-order chi connectivity index (χ0) is 36.3. The number of para-hydroxylation sites is 1. The number of carbonyl (C=O) groups excluding carboxylic acids is 4. The van der Waals surface area contributed by atoms with E-state index >= 15 is 4.79 Å². The molecule has 1 unspecified atom stereocenters. The second-order valence-electron chi connectivity index (χ2n) is 13.9. The maximum atomic E-state index is 15.1. The average molecular weight is 751 g/mol. The maximum Gasteiger partial charge on any atom is 0.306 e. The van der Waals surface area contributed by atoms with Crippen LogP contribution in [0.15, 0.2) is 73.8 Å². The molecule has 268 valence electrons. The van der Waals surface area contributed by atoms with Gasteiger partial charge in [-0.15, -0.1) is 13.2 Å². The van der Waals surface area contributed by atoms with Gasteiger partial charge in [0, 0.05) is 23.5 Å². The molecule has 0 saturated carbocycles. The van der Waals surface area contributed by atoms with Gasteiger partial charge in [-0.3, -0.25) is 19.2 Å². The summed E-state index contributed by atoms with van der Waals surface area (Å²) in [6, 6.07) is 12.5. The average Bonchev–Trinajstić information content (AvgIpc) is 3.68. The molecule has 3 saturated heterocycles. The second-order valence-corrected chi connectivity index (χ2v) is 15.0. The SMILES string of the molecule is C=CCCC(=O)OC[C@@H](NC(=O)[C@@H]1[C@H]2O[C@@]3(CC2Br)[C@H](C(=O)N(CC=C)c2c(C)cccc2C)N([C@@H](CO)C(C)C)C(=O)[C@@H]13)c1ccccc1. The predicted octanol–water partition coefficient (Wildman–Crippen LogP) is 4.95. The third-order valence-corrected chi connectivity index (χ3v) is 11.2. The Bertz CT molecular complexity index is 1600. The van der Waals surface area contributed by atoms with Crippen LogP contribution in [0.3, 0.4) is 0 Å². The standard InChI is InChI=1S/C39H48BrN3O7/c1-7-9-18-30(45)49-22-28(26-16-11-10-12-17-26)41-36(46)31-32-37(47)43(29(21-44)23(3)4)35(39(32)20-27(40)34(31)50-39)38(48)42(19-8-2)33-24(5)14-13-15-25(33)6/h7-8,10-17,23,27-29,31-32,34-35,44H,1-2,9,18-22H2,3-6H3,(H,41,46)/t27?,28-,29+,31+,32-,34+,35+,39-/m1/s1. The fourth-order valence-electron chi connectivity index (χ4n) is 8.07. The molecule has 2 aromatic carbocycles. The first kappa shape index (κ1) is 37.5. The number of nitrogens with zero attached hydrogens (tertiary/aromatic N) is 2. The number of likely N-dealkylation sites (tertiary alicyclic amines) is 1. The predicted molar refractivity (Wildman–Crippen MR) is 194 cm³/mol. The van der Waals surface area contributed by atoms with E-state index in [9.17, 15) is 19.5 Å². The minimum absolute atomic E-state index is 0.106. The van der Waals surface area contributed by atoms with Gasteiger partial charge >= 0.3 is 5.97 Å². The molecule has 3 heterocycles. The van der Waals surface area contributed by atoms with Crippen molar-refractivity contribution in [3.05, 3.63) is 90.5 Å². The highest BCUT2D eigenvalue weighted by atomic mass is 79.9. The van der Waals surface area contributed by atoms with E-state index in [2.05, 4.69) is 34.4 Å². The summed E-state index contributed by atoms with van der Waals surface area (Å²) in [6.07, 6.45) is 3.54. The molecule has 0 radical (unpaired) electrons. The van der Waals surface area contributed by atoms with E-state index in [1.807, 2.05) is 76.2 Å². The van der Waals surface area contributed by atoms with Crippen LogP contribution in [0, 0.1) is 31.6 Å². The van der Waals surface area contributed by atoms with Crippen molar-refractivity contribution in [2.45, 2.75) is 81.6 Å². The van der Waals surface area contributed by atoms with Crippen molar-refractivity contribution in [1.29, 1.82) is 0 Å². The molecule has 50 heavy (non-hydrogen) atoms. The molecule has 2 aromatic rings. The van der Waals surface area contributed by atoms with Gasteiger partial charge < -0.3 is 29.7 Å². The number of carbonyl (C=O) groups is 4. The Morgan fingerprint density at radius 1 is 1.12 bits per heavy atom. The highest BCUT2D eigenvalue weighted by Gasteiger charge is 2.77. The molecule has 0 aliphatic carbocycles. The quantitative estimate of drug-likeness (QED) is 0.150. The van der Waals surface area contributed by atoms with Crippen molar-refractivity contribution in [3.8, 4) is 0 Å². The molecular weight excluding hydrogens is 702 g/mol. The Hall–Kier alpha value is -3.80. The number of aliphatic hydroxyl groups is 1. The van der Waals surface area contributed by atoms with E-state index in [1.54, 1.807) is 17.1 Å². The van der Waals surface area contributed by atoms with Gasteiger partial charge in [-0.25, -0.2) is 0 Å². The molecule has 3 fully saturated rings. The van der Waals surface area contributed by atoms with Crippen molar-refractivity contribution in [2.75, 3.05) is 24.7 Å². The first-order valence-electron chi connectivity index (χ1n) is 17.3. The van der Waals surface area contributed by atoms with E-state index in [4.69, 9.17) is 9.47 Å². The second kappa shape index (κ2) is 15.6. The summed E-state index contributed by atoms with van der Waals surface area (Å²) >= 11 is 3.75. The van der Waals surface area contributed by atoms with Crippen LogP contribution in [0.1, 0.15) is 55.8 Å². The smallest absolute Gasteiger partial charge is 0.306 e. The summed E-state index contributed by atoms with van der Waals surface area (Å²) < 4.78 is 12.3. The van der Waals surface area contributed by atoms with Crippen molar-refractivity contribution >= 4 is 45.3 Å². The minimum atomic E-state index is -1.34. The lowest BCUT2D eigenvalue weighted by molar-refractivity contribution is -0.147. The number of ether oxygens (including phenoxy) is 2. The number of esters is 1. The van der Waals surface area contributed by atoms with E-state index in [1.165, 1.54) is 4.90 Å². The Labute approximate surface area is 303 Å². The lowest BCUT2D eigenvalue weighted by Gasteiger charge is -2.41. The number of fused-ring (bicyclic) bond motifs is 1. The van der Waals surface area contributed by atoms with Gasteiger partial charge in [0.1, 0.15) is 18.2 Å². The van der Waals surface area contributed by atoms with Gasteiger partial charge in [-0.2, -0.15) is 0 Å². The molecule has 3 amide bonds. The fourth-order valence-corrected chi connectivity index (χ4v) is 9.01. The lowest BCUT2D eigenvalue weighted by atomic mass is 9.70. The molecule has 2 bridgehead atoms. The topological polar surface area (TPSA) is 125 Å². The van der Waals surface area contributed by atoms with Crippen LogP contribution in [0.5, 0.6) is 0 Å². The van der Waals surface area contributed by atoms with Gasteiger partial charge in [0.25, 0.3) is 5.91 Å². The minimum Gasteiger partial charge on any atom is -0.463 e. The molecule has 8 atom stereocenters. The Morgan fingerprint density at radius 2 is 1.80 bits per heavy atom. The van der Waals surface area contributed by atoms with E-state index in [0.29, 0.717) is 12.8 Å². The Balaban J connectivity index is 1.55. The van der Waals surface area contributed by atoms with Gasteiger partial charge in [-0.05, 0) is 49.3 Å². The molecule has 10 nitrogen and oxygen atoms in total. The molecule has 3 aliphatic rings. The summed E-state index contributed by atoms with van der Waals surface area (Å²) in [4.78, 5) is 59.6. The number of hydrogen-bond acceptors (Lipinski definition) is 7. The number of nitrogens with one attached hydrogen (secondary N) is 1. The highest BCUT2D eigenvalue weighted by Crippen LogP contribution is 2.61. The number of hydrogen-bond donors (Lipinski definition) is 2. The van der Waals surface area contributed by atoms with Crippen LogP contribution >= 0.6 is 15.9 Å². The van der Waals surface area contributed by atoms with Crippen molar-refractivity contribution < 1.29 is 33.8 Å². The van der Waals surface area contributed by atoms with E-state index < -0.39 is 59.5 Å². The number of benzene rings is 2. The molecule has 2 N–H and O–H groups in total. The fraction of sp³-hybridized carbons (Fsp3) is 0.487. The van der Waals surface area contributed by atoms with Crippen molar-refractivity contribution in [3.63, 3.8) is 0 Å². The van der Waals surface area contributed by atoms with Gasteiger partial charge in [0.05, 0.1) is 36.6 Å². The van der Waals surface area contributed by atoms with Crippen LogP contribution in [0.4, 0.5) is 5.69 Å². The third-order valence-electron chi connectivity index (χ3n) is 10.3. The molecule has 11 heteroatoms. The summed E-state index contributed by atoms with van der Waals surface area (Å²) in [5, 5.41) is 13.7. The summed E-state index contributed by atoms with van der Waals surface area (Å²) in [5.41, 5.74) is 1.88. The molecule has 5 rings (SSSR count). The summed E-state index contributed by atoms with van der Waals surface area (Å²) in [5.74, 6) is -3.75. The Morgan fingerprint density at radius 3 is 2.40 bits per heavy atom. The first-order chi connectivity index (χ1) is 23.9. The van der Waals surface area contributed by atoms with E-state index in [0.717, 1.165) is 22.4 Å². The van der Waals surface area contributed by atoms with Crippen LogP contribution in [-0.2, 0) is 28.7 Å². The largest absolute Gasteiger partial charge is 0.463 e. The van der Waals surface area contributed by atoms with Gasteiger partial charge in [-0.1, -0.05) is 90.5 Å². The molecule has 3 aliphatic heterocycles. The number of aliphatic hydroxyl groups excluding tert-OH is 1. The van der Waals surface area contributed by atoms with Crippen LogP contribution in [0.25, 0.3) is 0 Å². The van der Waals surface area contributed by atoms with Gasteiger partial charge in [0.15, 0.2) is 0 Å². The third kappa shape index (κ3) is 6.79. The molecule has 1 spiro atoms. The van der Waals surface area contributed by atoms with Crippen LogP contribution < -0.4 is 10.2 Å². The summed E-state index contributed by atoms with van der Waals surface area (Å²) in [6.45, 7) is 14.9. The number of aryl methyl sites for hydroxylation is 2. The number of amides is 3. The normalized spacial score (nSPS) is 26.3. The molecule has 0 aromatic heterocycles. The molecular formula is C39H48BrN3O7. The zero-order valence-corrected chi connectivity index (χ0v) is 30.8. The van der Waals surface area contributed by atoms with E-state index in [-0.39, 0.29) is 42.8 Å². The summed E-state index contributed by atoms with van der Waals surface area (Å²) in [7, 11) is 0. The van der Waals surface area contributed by atoms with Crippen LogP contribution in [-0.4, -0.2) is 82.1 Å². The lowest BCUT2D eigenvalue weighted by Crippen LogP contribution is -2.60. The number of alkyl halides is 1. The Kier molecular flexibility index (Phi) is 11.7. The van der Waals surface area contributed by atoms with Crippen molar-refractivity contribution in [2.24, 2.45) is 17.8 Å². The number of allylic oxidation sites excluding steroid dienone is 1. The maximum absolute atomic E-state index is 15.1. The van der Waals surface area contributed by atoms with Crippen LogP contribution in [0.2, 0.25) is 0 Å². The number of rotatable bonds is 15.